The first-order valence-electron chi connectivity index (χ1n) is 6.89. The Morgan fingerprint density at radius 3 is 2.40 bits per heavy atom. The average molecular weight is 261 g/mol. The number of pyridine rings is 1. The number of fused-ring (bicyclic) bond motifs is 2. The second-order valence-corrected chi connectivity index (χ2v) is 5.56. The molecule has 2 nitrogen and oxygen atoms in total. The lowest BCUT2D eigenvalue weighted by Crippen LogP contribution is -2.26. The van der Waals surface area contributed by atoms with E-state index in [4.69, 9.17) is 0 Å². The Hall–Kier alpha value is -2.19. The van der Waals surface area contributed by atoms with Crippen molar-refractivity contribution in [2.45, 2.75) is 18.4 Å². The molecule has 1 heterocycles. The summed E-state index contributed by atoms with van der Waals surface area (Å²) in [6, 6.07) is 18.3. The van der Waals surface area contributed by atoms with Gasteiger partial charge in [0.05, 0.1) is 11.1 Å². The van der Waals surface area contributed by atoms with Gasteiger partial charge in [-0.25, -0.2) is 0 Å². The van der Waals surface area contributed by atoms with Gasteiger partial charge in [0.2, 0.25) is 0 Å². The third kappa shape index (κ3) is 1.73. The van der Waals surface area contributed by atoms with Crippen LogP contribution in [0.15, 0.2) is 60.8 Å². The lowest BCUT2D eigenvalue weighted by Gasteiger charge is -2.23. The Balaban J connectivity index is 1.80. The van der Waals surface area contributed by atoms with Crippen LogP contribution in [0.1, 0.15) is 16.7 Å². The van der Waals surface area contributed by atoms with E-state index < -0.39 is 5.60 Å². The summed E-state index contributed by atoms with van der Waals surface area (Å²) in [5, 5.41) is 12.1. The molecule has 0 saturated heterocycles. The maximum absolute atomic E-state index is 11.0. The van der Waals surface area contributed by atoms with Crippen LogP contribution in [0.4, 0.5) is 0 Å². The van der Waals surface area contributed by atoms with Gasteiger partial charge in [0.15, 0.2) is 0 Å². The lowest BCUT2D eigenvalue weighted by atomic mass is 9.90. The van der Waals surface area contributed by atoms with E-state index in [1.54, 1.807) is 6.20 Å². The van der Waals surface area contributed by atoms with Gasteiger partial charge >= 0.3 is 0 Å². The molecule has 0 saturated carbocycles. The molecule has 1 aliphatic rings. The van der Waals surface area contributed by atoms with Gasteiger partial charge in [0, 0.05) is 24.4 Å². The van der Waals surface area contributed by atoms with Crippen molar-refractivity contribution in [3.05, 3.63) is 77.5 Å². The topological polar surface area (TPSA) is 33.1 Å². The van der Waals surface area contributed by atoms with Crippen molar-refractivity contribution in [1.29, 1.82) is 0 Å². The largest absolute Gasteiger partial charge is 0.384 e. The van der Waals surface area contributed by atoms with Crippen LogP contribution in [-0.4, -0.2) is 10.1 Å². The van der Waals surface area contributed by atoms with E-state index in [1.165, 1.54) is 11.1 Å². The number of aliphatic hydroxyl groups is 1. The van der Waals surface area contributed by atoms with Gasteiger partial charge in [-0.3, -0.25) is 4.98 Å². The molecule has 2 aromatic carbocycles. The highest BCUT2D eigenvalue weighted by molar-refractivity contribution is 5.79. The highest BCUT2D eigenvalue weighted by Gasteiger charge is 2.36. The molecule has 1 N–H and O–H groups in total. The zero-order chi connectivity index (χ0) is 13.6. The summed E-state index contributed by atoms with van der Waals surface area (Å²) >= 11 is 0. The second kappa shape index (κ2) is 4.15. The fourth-order valence-corrected chi connectivity index (χ4v) is 3.16. The van der Waals surface area contributed by atoms with Gasteiger partial charge in [-0.15, -0.1) is 0 Å². The summed E-state index contributed by atoms with van der Waals surface area (Å²) in [7, 11) is 0. The molecule has 0 bridgehead atoms. The minimum absolute atomic E-state index is 0.682. The third-order valence-electron chi connectivity index (χ3n) is 4.23. The van der Waals surface area contributed by atoms with E-state index >= 15 is 0 Å². The van der Waals surface area contributed by atoms with E-state index in [1.807, 2.05) is 42.5 Å². The number of aromatic nitrogens is 1. The van der Waals surface area contributed by atoms with E-state index in [9.17, 15) is 5.11 Å². The summed E-state index contributed by atoms with van der Waals surface area (Å²) < 4.78 is 0. The first-order valence-corrected chi connectivity index (χ1v) is 6.89. The van der Waals surface area contributed by atoms with Gasteiger partial charge in [-0.05, 0) is 28.8 Å². The molecule has 20 heavy (non-hydrogen) atoms. The minimum atomic E-state index is -0.796. The minimum Gasteiger partial charge on any atom is -0.384 e. The van der Waals surface area contributed by atoms with Crippen LogP contribution in [0.2, 0.25) is 0 Å². The van der Waals surface area contributed by atoms with Crippen LogP contribution in [0.5, 0.6) is 0 Å². The molecule has 0 aliphatic heterocycles. The molecule has 0 spiro atoms. The monoisotopic (exact) mass is 261 g/mol. The Bertz CT molecular complexity index is 769. The van der Waals surface area contributed by atoms with Crippen molar-refractivity contribution in [3.63, 3.8) is 0 Å². The molecule has 1 aliphatic carbocycles. The summed E-state index contributed by atoms with van der Waals surface area (Å²) in [6.45, 7) is 0. The Morgan fingerprint density at radius 2 is 1.65 bits per heavy atom. The predicted octanol–water partition coefficient (Wildman–Crippen LogP) is 3.22. The Labute approximate surface area is 117 Å². The second-order valence-electron chi connectivity index (χ2n) is 5.56. The van der Waals surface area contributed by atoms with E-state index in [2.05, 4.69) is 17.1 Å². The molecular weight excluding hydrogens is 246 g/mol. The zero-order valence-electron chi connectivity index (χ0n) is 11.1. The maximum Gasteiger partial charge on any atom is 0.0977 e. The normalized spacial score (nSPS) is 16.2. The van der Waals surface area contributed by atoms with Crippen LogP contribution in [0.3, 0.4) is 0 Å². The molecule has 0 radical (unpaired) electrons. The van der Waals surface area contributed by atoms with Crippen molar-refractivity contribution in [2.24, 2.45) is 0 Å². The summed E-state index contributed by atoms with van der Waals surface area (Å²) in [5.41, 5.74) is 3.59. The van der Waals surface area contributed by atoms with Crippen LogP contribution < -0.4 is 0 Å². The van der Waals surface area contributed by atoms with Crippen molar-refractivity contribution < 1.29 is 5.11 Å². The highest BCUT2D eigenvalue weighted by Crippen LogP contribution is 2.38. The fourth-order valence-electron chi connectivity index (χ4n) is 3.16. The third-order valence-corrected chi connectivity index (χ3v) is 4.23. The fraction of sp³-hybridized carbons (Fsp3) is 0.167. The summed E-state index contributed by atoms with van der Waals surface area (Å²) in [4.78, 5) is 4.38. The first kappa shape index (κ1) is 11.6. The van der Waals surface area contributed by atoms with Crippen LogP contribution in [0.25, 0.3) is 10.9 Å². The summed E-state index contributed by atoms with van der Waals surface area (Å²) in [6.07, 6.45) is 3.16. The van der Waals surface area contributed by atoms with E-state index in [-0.39, 0.29) is 0 Å². The van der Waals surface area contributed by atoms with Crippen molar-refractivity contribution in [1.82, 2.24) is 4.98 Å². The SMILES string of the molecule is OC1(c2ccc3cccnc3c2)Cc2ccccc2C1. The average Bonchev–Trinajstić information content (AvgIpc) is 2.84. The Kier molecular flexibility index (Phi) is 2.41. The number of rotatable bonds is 1. The number of hydrogen-bond acceptors (Lipinski definition) is 2. The summed E-state index contributed by atoms with van der Waals surface area (Å²) in [5.74, 6) is 0. The molecule has 0 fully saturated rings. The molecule has 1 aromatic heterocycles. The standard InChI is InChI=1S/C18H15NO/c20-18(11-14-4-1-2-5-15(14)12-18)16-8-7-13-6-3-9-19-17(13)10-16/h1-10,20H,11-12H2. The molecule has 0 atom stereocenters. The first-order chi connectivity index (χ1) is 9.74. The van der Waals surface area contributed by atoms with Crippen molar-refractivity contribution in [2.75, 3.05) is 0 Å². The molecule has 0 amide bonds. The molecule has 98 valence electrons. The Morgan fingerprint density at radius 1 is 0.900 bits per heavy atom. The highest BCUT2D eigenvalue weighted by atomic mass is 16.3. The molecule has 4 rings (SSSR count). The quantitative estimate of drug-likeness (QED) is 0.729. The van der Waals surface area contributed by atoms with Crippen LogP contribution in [-0.2, 0) is 18.4 Å². The van der Waals surface area contributed by atoms with Gasteiger partial charge < -0.3 is 5.11 Å². The van der Waals surface area contributed by atoms with Crippen LogP contribution >= 0.6 is 0 Å². The number of nitrogens with zero attached hydrogens (tertiary/aromatic N) is 1. The van der Waals surface area contributed by atoms with Crippen molar-refractivity contribution in [3.8, 4) is 0 Å². The van der Waals surface area contributed by atoms with E-state index in [0.29, 0.717) is 12.8 Å². The van der Waals surface area contributed by atoms with Crippen LogP contribution in [0, 0.1) is 0 Å². The van der Waals surface area contributed by atoms with Gasteiger partial charge in [-0.1, -0.05) is 42.5 Å². The smallest absolute Gasteiger partial charge is 0.0977 e. The zero-order valence-corrected chi connectivity index (χ0v) is 11.1. The maximum atomic E-state index is 11.0. The molecule has 0 unspecified atom stereocenters. The molecular formula is C18H15NO. The van der Waals surface area contributed by atoms with Gasteiger partial charge in [-0.2, -0.15) is 0 Å². The number of hydrogen-bond donors (Lipinski definition) is 1. The predicted molar refractivity (Wildman–Crippen MR) is 79.5 cm³/mol. The number of benzene rings is 2. The lowest BCUT2D eigenvalue weighted by molar-refractivity contribution is 0.0483. The molecule has 2 heteroatoms. The van der Waals surface area contributed by atoms with E-state index in [0.717, 1.165) is 16.5 Å². The van der Waals surface area contributed by atoms with Gasteiger partial charge in [0.1, 0.15) is 0 Å². The van der Waals surface area contributed by atoms with Crippen molar-refractivity contribution >= 4 is 10.9 Å². The van der Waals surface area contributed by atoms with Gasteiger partial charge in [0.25, 0.3) is 0 Å². The molecule has 3 aromatic rings.